The first-order valence-electron chi connectivity index (χ1n) is 5.41. The largest absolute Gasteiger partial charge is 0.271 e. The van der Waals surface area contributed by atoms with Gasteiger partial charge in [0.15, 0.2) is 0 Å². The molecule has 0 unspecified atom stereocenters. The number of nitrogens with one attached hydrogen (secondary N) is 1. The van der Waals surface area contributed by atoms with Gasteiger partial charge in [0.1, 0.15) is 0 Å². The molecule has 1 heterocycles. The fraction of sp³-hybridized carbons (Fsp3) is 0.0769. The van der Waals surface area contributed by atoms with Crippen molar-refractivity contribution < 1.29 is 4.79 Å². The summed E-state index contributed by atoms with van der Waals surface area (Å²) in [5, 5.41) is 4.65. The number of rotatable bonds is 3. The number of hydrogen-bond acceptors (Lipinski definition) is 3. The Morgan fingerprint density at radius 2 is 2.05 bits per heavy atom. The Bertz CT molecular complexity index is 637. The van der Waals surface area contributed by atoms with E-state index < -0.39 is 0 Å². The fourth-order valence-corrected chi connectivity index (χ4v) is 2.43. The molecule has 1 N–H and O–H groups in total. The van der Waals surface area contributed by atoms with E-state index in [9.17, 15) is 4.79 Å². The van der Waals surface area contributed by atoms with Crippen molar-refractivity contribution in [3.63, 3.8) is 0 Å². The topological polar surface area (TPSA) is 41.5 Å². The second-order valence-corrected chi connectivity index (χ2v) is 5.91. The van der Waals surface area contributed by atoms with Crippen molar-refractivity contribution in [2.45, 2.75) is 6.92 Å². The van der Waals surface area contributed by atoms with Crippen molar-refractivity contribution in [2.75, 3.05) is 0 Å². The second kappa shape index (κ2) is 6.19. The van der Waals surface area contributed by atoms with Gasteiger partial charge in [-0.25, -0.2) is 5.43 Å². The van der Waals surface area contributed by atoms with E-state index in [2.05, 4.69) is 10.5 Å². The monoisotopic (exact) mass is 312 g/mol. The highest BCUT2D eigenvalue weighted by Crippen LogP contribution is 2.22. The molecular weight excluding hydrogens is 303 g/mol. The molecule has 0 bridgehead atoms. The molecular formula is C13H10Cl2N2OS. The highest BCUT2D eigenvalue weighted by atomic mass is 35.5. The Morgan fingerprint density at radius 1 is 1.26 bits per heavy atom. The Morgan fingerprint density at radius 3 is 2.68 bits per heavy atom. The number of benzene rings is 1. The van der Waals surface area contributed by atoms with Crippen LogP contribution in [0.1, 0.15) is 20.1 Å². The van der Waals surface area contributed by atoms with Crippen LogP contribution in [0, 0.1) is 6.92 Å². The third-order valence-electron chi connectivity index (χ3n) is 2.30. The van der Waals surface area contributed by atoms with E-state index in [0.717, 1.165) is 4.88 Å². The van der Waals surface area contributed by atoms with Crippen LogP contribution in [-0.2, 0) is 0 Å². The molecule has 98 valence electrons. The van der Waals surface area contributed by atoms with Gasteiger partial charge in [0.2, 0.25) is 0 Å². The van der Waals surface area contributed by atoms with Crippen LogP contribution in [0.4, 0.5) is 0 Å². The Hall–Kier alpha value is -1.36. The summed E-state index contributed by atoms with van der Waals surface area (Å²) in [6, 6.07) is 8.60. The van der Waals surface area contributed by atoms with E-state index in [4.69, 9.17) is 23.2 Å². The number of thiophene rings is 1. The van der Waals surface area contributed by atoms with Crippen LogP contribution in [-0.4, -0.2) is 12.1 Å². The predicted molar refractivity (Wildman–Crippen MR) is 80.6 cm³/mol. The lowest BCUT2D eigenvalue weighted by Gasteiger charge is -2.01. The van der Waals surface area contributed by atoms with Crippen LogP contribution in [0.15, 0.2) is 35.4 Å². The van der Waals surface area contributed by atoms with E-state index in [1.54, 1.807) is 29.7 Å². The van der Waals surface area contributed by atoms with Crippen LogP contribution < -0.4 is 5.43 Å². The molecule has 19 heavy (non-hydrogen) atoms. The Balaban J connectivity index is 2.01. The summed E-state index contributed by atoms with van der Waals surface area (Å²) in [4.78, 5) is 14.0. The average molecular weight is 313 g/mol. The molecule has 1 amide bonds. The first-order valence-corrected chi connectivity index (χ1v) is 6.98. The summed E-state index contributed by atoms with van der Waals surface area (Å²) in [7, 11) is 0. The molecule has 0 saturated carbocycles. The third-order valence-corrected chi connectivity index (χ3v) is 3.98. The third kappa shape index (κ3) is 3.80. The maximum atomic E-state index is 11.8. The summed E-state index contributed by atoms with van der Waals surface area (Å²) in [6.45, 7) is 2.01. The van der Waals surface area contributed by atoms with E-state index >= 15 is 0 Å². The van der Waals surface area contributed by atoms with Gasteiger partial charge in [0, 0.05) is 15.3 Å². The van der Waals surface area contributed by atoms with Crippen molar-refractivity contribution >= 4 is 46.7 Å². The summed E-state index contributed by atoms with van der Waals surface area (Å²) >= 11 is 13.2. The molecule has 0 spiro atoms. The first kappa shape index (κ1) is 14.1. The predicted octanol–water partition coefficient (Wildman–Crippen LogP) is 4.13. The smallest absolute Gasteiger partial charge is 0.267 e. The highest BCUT2D eigenvalue weighted by molar-refractivity contribution is 7.13. The standard InChI is InChI=1S/C13H10Cl2N2OS/c1-8-2-4-10(19-8)7-16-17-13(18)9-3-5-11(14)12(15)6-9/h2-7H,1H3,(H,17,18). The highest BCUT2D eigenvalue weighted by Gasteiger charge is 2.06. The number of carbonyl (C=O) groups is 1. The molecule has 3 nitrogen and oxygen atoms in total. The Labute approximate surface area is 124 Å². The van der Waals surface area contributed by atoms with Crippen molar-refractivity contribution in [1.82, 2.24) is 5.43 Å². The van der Waals surface area contributed by atoms with Crippen molar-refractivity contribution in [1.29, 1.82) is 0 Å². The van der Waals surface area contributed by atoms with Gasteiger partial charge >= 0.3 is 0 Å². The second-order valence-electron chi connectivity index (χ2n) is 3.78. The maximum Gasteiger partial charge on any atom is 0.271 e. The van der Waals surface area contributed by atoms with E-state index in [0.29, 0.717) is 15.6 Å². The molecule has 0 atom stereocenters. The van der Waals surface area contributed by atoms with Crippen LogP contribution in [0.2, 0.25) is 10.0 Å². The van der Waals surface area contributed by atoms with Crippen molar-refractivity contribution in [3.05, 3.63) is 55.7 Å². The summed E-state index contributed by atoms with van der Waals surface area (Å²) in [5.74, 6) is -0.330. The SMILES string of the molecule is Cc1ccc(C=NNC(=O)c2ccc(Cl)c(Cl)c2)s1. The number of aryl methyl sites for hydroxylation is 1. The van der Waals surface area contributed by atoms with Gasteiger partial charge < -0.3 is 0 Å². The van der Waals surface area contributed by atoms with Crippen LogP contribution in [0.5, 0.6) is 0 Å². The molecule has 0 aliphatic heterocycles. The zero-order chi connectivity index (χ0) is 13.8. The molecule has 1 aromatic heterocycles. The molecule has 0 radical (unpaired) electrons. The van der Waals surface area contributed by atoms with Gasteiger partial charge in [-0.2, -0.15) is 5.10 Å². The number of hydrogen-bond donors (Lipinski definition) is 1. The summed E-state index contributed by atoms with van der Waals surface area (Å²) < 4.78 is 0. The van der Waals surface area contributed by atoms with Gasteiger partial charge in [0.05, 0.1) is 16.3 Å². The zero-order valence-corrected chi connectivity index (χ0v) is 12.3. The van der Waals surface area contributed by atoms with Crippen molar-refractivity contribution in [3.8, 4) is 0 Å². The van der Waals surface area contributed by atoms with Crippen LogP contribution in [0.3, 0.4) is 0 Å². The number of hydrazone groups is 1. The molecule has 6 heteroatoms. The minimum absolute atomic E-state index is 0.330. The molecule has 0 saturated heterocycles. The molecule has 0 fully saturated rings. The summed E-state index contributed by atoms with van der Waals surface area (Å²) in [5.41, 5.74) is 2.85. The molecule has 2 aromatic rings. The first-order chi connectivity index (χ1) is 9.06. The van der Waals surface area contributed by atoms with E-state index in [-0.39, 0.29) is 5.91 Å². The average Bonchev–Trinajstić information content (AvgIpc) is 2.78. The molecule has 2 rings (SSSR count). The van der Waals surface area contributed by atoms with Gasteiger partial charge in [-0.1, -0.05) is 23.2 Å². The van der Waals surface area contributed by atoms with Gasteiger partial charge in [-0.05, 0) is 37.3 Å². The normalized spacial score (nSPS) is 10.9. The number of amides is 1. The van der Waals surface area contributed by atoms with Gasteiger partial charge in [-0.15, -0.1) is 11.3 Å². The van der Waals surface area contributed by atoms with Crippen LogP contribution in [0.25, 0.3) is 0 Å². The lowest BCUT2D eigenvalue weighted by atomic mass is 10.2. The zero-order valence-electron chi connectivity index (χ0n) is 9.98. The molecule has 0 aliphatic rings. The summed E-state index contributed by atoms with van der Waals surface area (Å²) in [6.07, 6.45) is 1.60. The van der Waals surface area contributed by atoms with Gasteiger partial charge in [-0.3, -0.25) is 4.79 Å². The van der Waals surface area contributed by atoms with Gasteiger partial charge in [0.25, 0.3) is 5.91 Å². The minimum atomic E-state index is -0.330. The maximum absolute atomic E-state index is 11.8. The number of carbonyl (C=O) groups excluding carboxylic acids is 1. The lowest BCUT2D eigenvalue weighted by Crippen LogP contribution is -2.17. The van der Waals surface area contributed by atoms with Crippen LogP contribution >= 0.6 is 34.5 Å². The van der Waals surface area contributed by atoms with E-state index in [1.165, 1.54) is 10.9 Å². The van der Waals surface area contributed by atoms with Crippen molar-refractivity contribution in [2.24, 2.45) is 5.10 Å². The number of nitrogens with zero attached hydrogens (tertiary/aromatic N) is 1. The molecule has 1 aromatic carbocycles. The Kier molecular flexibility index (Phi) is 4.58. The quantitative estimate of drug-likeness (QED) is 0.672. The lowest BCUT2D eigenvalue weighted by molar-refractivity contribution is 0.0955. The fourth-order valence-electron chi connectivity index (χ4n) is 1.38. The molecule has 0 aliphatic carbocycles. The number of halogens is 2. The van der Waals surface area contributed by atoms with E-state index in [1.807, 2.05) is 19.1 Å². The minimum Gasteiger partial charge on any atom is -0.267 e.